The summed E-state index contributed by atoms with van der Waals surface area (Å²) >= 11 is 3.41. The fourth-order valence-electron chi connectivity index (χ4n) is 1.97. The number of anilines is 1. The Morgan fingerprint density at radius 2 is 1.90 bits per heavy atom. The largest absolute Gasteiger partial charge is 0.478 e. The van der Waals surface area contributed by atoms with E-state index in [2.05, 4.69) is 27.9 Å². The fraction of sp³-hybridized carbons (Fsp3) is 0.200. The molecule has 0 saturated heterocycles. The first kappa shape index (κ1) is 16.0. The Hall–Kier alpha value is -1.41. The molecule has 0 atom stereocenters. The van der Waals surface area contributed by atoms with Crippen LogP contribution >= 0.6 is 33.9 Å². The second-order valence-corrected chi connectivity index (χ2v) is 6.99. The third-order valence-corrected chi connectivity index (χ3v) is 5.82. The number of nitrogens with one attached hydrogen (secondary N) is 1. The maximum Gasteiger partial charge on any atom is 0.338 e. The van der Waals surface area contributed by atoms with Gasteiger partial charge < -0.3 is 10.4 Å². The van der Waals surface area contributed by atoms with Crippen LogP contribution in [-0.2, 0) is 0 Å². The van der Waals surface area contributed by atoms with Crippen LogP contribution in [0.3, 0.4) is 0 Å². The summed E-state index contributed by atoms with van der Waals surface area (Å²) in [5.41, 5.74) is 2.44. The lowest BCUT2D eigenvalue weighted by atomic mass is 10.1. The van der Waals surface area contributed by atoms with Crippen molar-refractivity contribution in [3.8, 4) is 0 Å². The van der Waals surface area contributed by atoms with Crippen molar-refractivity contribution in [2.45, 2.75) is 20.8 Å². The summed E-state index contributed by atoms with van der Waals surface area (Å²) in [4.78, 5) is 24.6. The highest BCUT2D eigenvalue weighted by Gasteiger charge is 2.21. The monoisotopic (exact) mass is 415 g/mol. The number of hydrogen-bond acceptors (Lipinski definition) is 3. The molecule has 0 bridgehead atoms. The molecule has 1 heterocycles. The maximum atomic E-state index is 12.4. The number of halogens is 1. The summed E-state index contributed by atoms with van der Waals surface area (Å²) in [5.74, 6) is -1.31. The van der Waals surface area contributed by atoms with Crippen molar-refractivity contribution >= 4 is 50.8 Å². The highest BCUT2D eigenvalue weighted by Crippen LogP contribution is 2.33. The van der Waals surface area contributed by atoms with Gasteiger partial charge in [-0.1, -0.05) is 12.1 Å². The van der Waals surface area contributed by atoms with Crippen LogP contribution in [0.4, 0.5) is 5.00 Å². The van der Waals surface area contributed by atoms with E-state index in [9.17, 15) is 14.7 Å². The smallest absolute Gasteiger partial charge is 0.338 e. The van der Waals surface area contributed by atoms with Crippen molar-refractivity contribution < 1.29 is 14.7 Å². The number of carboxylic acids is 1. The first-order valence-corrected chi connectivity index (χ1v) is 8.12. The fourth-order valence-corrected chi connectivity index (χ4v) is 3.62. The summed E-state index contributed by atoms with van der Waals surface area (Å²) in [5, 5.41) is 12.4. The second kappa shape index (κ2) is 6.15. The third-order valence-electron chi connectivity index (χ3n) is 3.26. The van der Waals surface area contributed by atoms with Gasteiger partial charge in [0.2, 0.25) is 0 Å². The molecule has 1 aromatic heterocycles. The van der Waals surface area contributed by atoms with E-state index in [0.717, 1.165) is 14.0 Å². The predicted octanol–water partition coefficient (Wildman–Crippen LogP) is 4.23. The van der Waals surface area contributed by atoms with Crippen LogP contribution in [0.25, 0.3) is 0 Å². The van der Waals surface area contributed by atoms with Crippen molar-refractivity contribution in [1.29, 1.82) is 0 Å². The van der Waals surface area contributed by atoms with E-state index in [1.807, 2.05) is 26.0 Å². The molecule has 0 aliphatic carbocycles. The lowest BCUT2D eigenvalue weighted by Crippen LogP contribution is -2.15. The van der Waals surface area contributed by atoms with E-state index in [0.29, 0.717) is 16.1 Å². The molecule has 2 rings (SSSR count). The van der Waals surface area contributed by atoms with Gasteiger partial charge in [-0.15, -0.1) is 11.3 Å². The molecule has 0 aliphatic rings. The Kier molecular flexibility index (Phi) is 4.67. The van der Waals surface area contributed by atoms with Gasteiger partial charge in [-0.2, -0.15) is 0 Å². The number of carbonyl (C=O) groups is 2. The minimum atomic E-state index is -1.02. The molecule has 2 N–H and O–H groups in total. The standard InChI is InChI=1S/C15H14INO3S/c1-7-5-4-6-10(12(7)16)13(18)17-14-11(15(19)20)8(2)9(3)21-14/h4-6H,1-3H3,(H,17,18)(H,19,20). The lowest BCUT2D eigenvalue weighted by molar-refractivity contribution is 0.0697. The predicted molar refractivity (Wildman–Crippen MR) is 92.6 cm³/mol. The first-order chi connectivity index (χ1) is 9.82. The third kappa shape index (κ3) is 3.11. The van der Waals surface area contributed by atoms with E-state index in [1.165, 1.54) is 11.3 Å². The topological polar surface area (TPSA) is 66.4 Å². The van der Waals surface area contributed by atoms with Crippen molar-refractivity contribution in [2.75, 3.05) is 5.32 Å². The van der Waals surface area contributed by atoms with Gasteiger partial charge in [0.15, 0.2) is 0 Å². The number of carboxylic acid groups (broad SMARTS) is 1. The van der Waals surface area contributed by atoms with Gasteiger partial charge in [0.1, 0.15) is 5.00 Å². The number of rotatable bonds is 3. The maximum absolute atomic E-state index is 12.4. The lowest BCUT2D eigenvalue weighted by Gasteiger charge is -2.08. The van der Waals surface area contributed by atoms with Crippen molar-refractivity contribution in [3.63, 3.8) is 0 Å². The van der Waals surface area contributed by atoms with E-state index < -0.39 is 5.97 Å². The van der Waals surface area contributed by atoms with Gasteiger partial charge in [0, 0.05) is 8.45 Å². The average molecular weight is 415 g/mol. The first-order valence-electron chi connectivity index (χ1n) is 6.22. The Morgan fingerprint density at radius 3 is 2.52 bits per heavy atom. The Labute approximate surface area is 140 Å². The van der Waals surface area contributed by atoms with Crippen LogP contribution in [0.15, 0.2) is 18.2 Å². The van der Waals surface area contributed by atoms with Crippen LogP contribution in [0.2, 0.25) is 0 Å². The molecule has 1 aromatic carbocycles. The normalized spacial score (nSPS) is 10.5. The Bertz CT molecular complexity index is 737. The molecule has 1 amide bonds. The molecule has 6 heteroatoms. The highest BCUT2D eigenvalue weighted by molar-refractivity contribution is 14.1. The average Bonchev–Trinajstić information content (AvgIpc) is 2.67. The molecular formula is C15H14INO3S. The summed E-state index contributed by atoms with van der Waals surface area (Å²) in [6.45, 7) is 5.53. The van der Waals surface area contributed by atoms with Gasteiger partial charge in [-0.3, -0.25) is 4.79 Å². The number of amides is 1. The molecule has 0 radical (unpaired) electrons. The minimum Gasteiger partial charge on any atom is -0.478 e. The van der Waals surface area contributed by atoms with Gasteiger partial charge in [0.05, 0.1) is 11.1 Å². The molecule has 21 heavy (non-hydrogen) atoms. The summed E-state index contributed by atoms with van der Waals surface area (Å²) < 4.78 is 0.870. The second-order valence-electron chi connectivity index (χ2n) is 4.68. The van der Waals surface area contributed by atoms with E-state index in [4.69, 9.17) is 0 Å². The van der Waals surface area contributed by atoms with Gasteiger partial charge >= 0.3 is 5.97 Å². The minimum absolute atomic E-state index is 0.175. The number of thiophene rings is 1. The molecule has 0 fully saturated rings. The van der Waals surface area contributed by atoms with E-state index in [1.54, 1.807) is 13.0 Å². The Balaban J connectivity index is 2.39. The summed E-state index contributed by atoms with van der Waals surface area (Å²) in [6, 6.07) is 5.48. The molecule has 2 aromatic rings. The number of hydrogen-bond donors (Lipinski definition) is 2. The van der Waals surface area contributed by atoms with Crippen LogP contribution in [0.5, 0.6) is 0 Å². The van der Waals surface area contributed by atoms with Gasteiger partial charge in [-0.25, -0.2) is 4.79 Å². The molecule has 0 spiro atoms. The molecule has 0 unspecified atom stereocenters. The molecule has 0 saturated carbocycles. The molecular weight excluding hydrogens is 401 g/mol. The summed E-state index contributed by atoms with van der Waals surface area (Å²) in [7, 11) is 0. The number of benzene rings is 1. The zero-order valence-electron chi connectivity index (χ0n) is 11.8. The quantitative estimate of drug-likeness (QED) is 0.738. The molecule has 110 valence electrons. The van der Waals surface area contributed by atoms with Gasteiger partial charge in [0.25, 0.3) is 5.91 Å². The summed E-state index contributed by atoms with van der Waals surface area (Å²) in [6.07, 6.45) is 0. The number of aryl methyl sites for hydroxylation is 2. The van der Waals surface area contributed by atoms with Crippen LogP contribution < -0.4 is 5.32 Å². The number of aromatic carboxylic acids is 1. The molecule has 0 aliphatic heterocycles. The van der Waals surface area contributed by atoms with Crippen molar-refractivity contribution in [2.24, 2.45) is 0 Å². The van der Waals surface area contributed by atoms with E-state index in [-0.39, 0.29) is 11.5 Å². The SMILES string of the molecule is Cc1cccc(C(=O)Nc2sc(C)c(C)c2C(=O)O)c1I. The van der Waals surface area contributed by atoms with Crippen LogP contribution in [-0.4, -0.2) is 17.0 Å². The van der Waals surface area contributed by atoms with Crippen molar-refractivity contribution in [1.82, 2.24) is 0 Å². The van der Waals surface area contributed by atoms with E-state index >= 15 is 0 Å². The van der Waals surface area contributed by atoms with Crippen molar-refractivity contribution in [3.05, 3.63) is 48.9 Å². The Morgan fingerprint density at radius 1 is 1.24 bits per heavy atom. The molecule has 4 nitrogen and oxygen atoms in total. The van der Waals surface area contributed by atoms with Crippen LogP contribution in [0, 0.1) is 24.3 Å². The highest BCUT2D eigenvalue weighted by atomic mass is 127. The zero-order chi connectivity index (χ0) is 15.7. The number of carbonyl (C=O) groups excluding carboxylic acids is 1. The van der Waals surface area contributed by atoms with Gasteiger partial charge in [-0.05, 0) is 60.6 Å². The van der Waals surface area contributed by atoms with Crippen LogP contribution in [0.1, 0.15) is 36.7 Å². The zero-order valence-corrected chi connectivity index (χ0v) is 14.8.